The highest BCUT2D eigenvalue weighted by atomic mass is 32.1. The number of aliphatic hydroxyl groups excluding tert-OH is 2. The predicted molar refractivity (Wildman–Crippen MR) is 311 cm³/mol. The zero-order valence-corrected chi connectivity index (χ0v) is 46.5. The standard InChI is InChI=1S/C20H20N8S.C19H18N8O2.C16H14N8S/c1-2-4-14(5-3-1)28-10-13(7-24-28)17-8-21-19-20(25-17)27(12-22-19)11-15-6-16-18(29-15)9-23-26-16;28-6-5-25-11-14(7-21-25)17-8-20-18-19(22-17)27(24-23-18)10-13-1-2-15-3-4-16(12-29)26(15)9-13;1-9(14-5-11-13(25-14)3-4-17-11)24-16-15(21-22-24)18-7-12(20-16)10-6-19-23(2)8-10/h6-10,12,14H,1-5,11H2,(H,23,26);1-4,7-9,11,28-29H,5-6,10,12H2;3-9,17H,1-2H3. The number of hydrogen-bond acceptors (Lipinski definition) is 19. The lowest BCUT2D eigenvalue weighted by molar-refractivity contribution is 0.269. The van der Waals surface area contributed by atoms with Crippen LogP contribution < -0.4 is 0 Å². The molecule has 416 valence electrons. The molecule has 0 amide bonds. The van der Waals surface area contributed by atoms with Gasteiger partial charge in [-0.05, 0) is 61.7 Å². The fourth-order valence-corrected chi connectivity index (χ4v) is 12.4. The number of aromatic amines is 2. The number of thiophene rings is 2. The van der Waals surface area contributed by atoms with Crippen LogP contribution in [0.15, 0.2) is 123 Å². The second kappa shape index (κ2) is 21.9. The highest BCUT2D eigenvalue weighted by molar-refractivity contribution is 7.19. The molecule has 4 N–H and O–H groups in total. The first kappa shape index (κ1) is 51.4. The molecule has 0 radical (unpaired) electrons. The second-order valence-corrected chi connectivity index (χ2v) is 22.5. The molecule has 26 nitrogen and oxygen atoms in total. The Morgan fingerprint density at radius 2 is 1.42 bits per heavy atom. The predicted octanol–water partition coefficient (Wildman–Crippen LogP) is 7.83. The molecule has 0 aliphatic heterocycles. The zero-order valence-electron chi connectivity index (χ0n) is 44.8. The van der Waals surface area contributed by atoms with E-state index in [1.54, 1.807) is 67.7 Å². The SMILES string of the molecule is CC(c1cc2[nH]ccc2s1)n1nnc2ncc(-c3cnn(C)c3)nc21.OCCn1cc(-c2cnc3nnn(Cc4ccc5ccc(CO)n5c4)c3n2)cn1.c1nn(C2CCCCC2)cc1-c1cnc2ncn(Cc3cc4[nH]ncc4s3)c2n1. The molecule has 1 fully saturated rings. The molecule has 16 rings (SSSR count). The van der Waals surface area contributed by atoms with Gasteiger partial charge in [0.2, 0.25) is 11.3 Å². The molecule has 1 aliphatic rings. The number of nitrogens with zero attached hydrogens (tertiary/aromatic N) is 22. The molecule has 15 aromatic heterocycles. The summed E-state index contributed by atoms with van der Waals surface area (Å²) < 4.78 is 15.4. The van der Waals surface area contributed by atoms with Crippen molar-refractivity contribution in [1.82, 2.24) is 118 Å². The third-order valence-corrected chi connectivity index (χ3v) is 17.0. The van der Waals surface area contributed by atoms with Gasteiger partial charge in [-0.3, -0.25) is 19.1 Å². The van der Waals surface area contributed by atoms with Crippen LogP contribution in [0.2, 0.25) is 0 Å². The summed E-state index contributed by atoms with van der Waals surface area (Å²) in [6.07, 6.45) is 30.3. The second-order valence-electron chi connectivity index (χ2n) is 20.2. The number of imidazole rings is 1. The Labute approximate surface area is 477 Å². The van der Waals surface area contributed by atoms with Crippen LogP contribution in [0, 0.1) is 0 Å². The van der Waals surface area contributed by atoms with E-state index < -0.39 is 0 Å². The number of pyridine rings is 1. The molecule has 1 aliphatic carbocycles. The van der Waals surface area contributed by atoms with Gasteiger partial charge in [0.05, 0.1) is 132 Å². The van der Waals surface area contributed by atoms with Gasteiger partial charge < -0.3 is 24.2 Å². The van der Waals surface area contributed by atoms with Crippen LogP contribution in [0.4, 0.5) is 0 Å². The average Bonchev–Trinajstić information content (AvgIpc) is 4.48. The average molecular weight is 1150 g/mol. The van der Waals surface area contributed by atoms with Crippen molar-refractivity contribution in [2.75, 3.05) is 6.61 Å². The van der Waals surface area contributed by atoms with E-state index in [-0.39, 0.29) is 19.3 Å². The summed E-state index contributed by atoms with van der Waals surface area (Å²) in [5, 5.41) is 55.4. The Balaban J connectivity index is 0.000000111. The Morgan fingerprint density at radius 1 is 0.675 bits per heavy atom. The Kier molecular flexibility index (Phi) is 13.6. The fraction of sp³-hybridized carbons (Fsp3) is 0.255. The molecule has 0 saturated heterocycles. The molecule has 0 spiro atoms. The van der Waals surface area contributed by atoms with E-state index >= 15 is 0 Å². The minimum atomic E-state index is -0.0251. The van der Waals surface area contributed by atoms with Crippen molar-refractivity contribution >= 4 is 82.5 Å². The summed E-state index contributed by atoms with van der Waals surface area (Å²) in [6.45, 7) is 3.69. The monoisotopic (exact) mass is 1140 g/mol. The lowest BCUT2D eigenvalue weighted by Gasteiger charge is -2.21. The van der Waals surface area contributed by atoms with Crippen molar-refractivity contribution < 1.29 is 10.2 Å². The molecule has 15 heterocycles. The van der Waals surface area contributed by atoms with Crippen molar-refractivity contribution in [2.24, 2.45) is 7.05 Å². The number of hydrogen-bond donors (Lipinski definition) is 4. The maximum Gasteiger partial charge on any atom is 0.221 e. The molecule has 1 saturated carbocycles. The Morgan fingerprint density at radius 3 is 2.22 bits per heavy atom. The van der Waals surface area contributed by atoms with E-state index in [2.05, 4.69) is 117 Å². The summed E-state index contributed by atoms with van der Waals surface area (Å²) in [5.74, 6) is 0. The van der Waals surface area contributed by atoms with Gasteiger partial charge in [0, 0.05) is 75.7 Å². The number of nitrogens with one attached hydrogen (secondary N) is 2. The number of rotatable bonds is 13. The van der Waals surface area contributed by atoms with E-state index in [0.29, 0.717) is 59.6 Å². The summed E-state index contributed by atoms with van der Waals surface area (Å²) in [4.78, 5) is 37.6. The first-order chi connectivity index (χ1) is 40.8. The van der Waals surface area contributed by atoms with Gasteiger partial charge in [-0.15, -0.1) is 32.9 Å². The van der Waals surface area contributed by atoms with Gasteiger partial charge in [-0.1, -0.05) is 35.8 Å². The van der Waals surface area contributed by atoms with Gasteiger partial charge in [-0.25, -0.2) is 44.3 Å². The van der Waals surface area contributed by atoms with E-state index in [1.807, 2.05) is 83.9 Å². The number of aryl methyl sites for hydroxylation is 1. The number of aliphatic hydroxyl groups is 2. The smallest absolute Gasteiger partial charge is 0.221 e. The summed E-state index contributed by atoms with van der Waals surface area (Å²) in [5.41, 5.74) is 13.8. The lowest BCUT2D eigenvalue weighted by atomic mass is 9.96. The van der Waals surface area contributed by atoms with E-state index in [1.165, 1.54) is 46.6 Å². The van der Waals surface area contributed by atoms with Crippen LogP contribution in [0.25, 0.3) is 93.6 Å². The molecule has 28 heteroatoms. The maximum absolute atomic E-state index is 9.50. The third kappa shape index (κ3) is 10.3. The van der Waals surface area contributed by atoms with Crippen molar-refractivity contribution in [3.8, 4) is 33.8 Å². The Bertz CT molecular complexity index is 4670. The van der Waals surface area contributed by atoms with Gasteiger partial charge in [-0.2, -0.15) is 20.4 Å². The van der Waals surface area contributed by atoms with Crippen LogP contribution >= 0.6 is 22.7 Å². The van der Waals surface area contributed by atoms with Crippen LogP contribution in [-0.4, -0.2) is 135 Å². The summed E-state index contributed by atoms with van der Waals surface area (Å²) in [6, 6.07) is 14.8. The van der Waals surface area contributed by atoms with Gasteiger partial charge in [0.15, 0.2) is 22.6 Å². The topological polar surface area (TPSA) is 299 Å². The number of aromatic nitrogens is 24. The number of H-pyrrole nitrogens is 2. The number of fused-ring (bicyclic) bond motifs is 6. The minimum absolute atomic E-state index is 0.0201. The molecule has 0 bridgehead atoms. The van der Waals surface area contributed by atoms with Crippen molar-refractivity contribution in [1.29, 1.82) is 0 Å². The minimum Gasteiger partial charge on any atom is -0.394 e. The first-order valence-corrected chi connectivity index (χ1v) is 28.6. The van der Waals surface area contributed by atoms with Crippen molar-refractivity contribution in [2.45, 2.75) is 77.4 Å². The van der Waals surface area contributed by atoms with E-state index in [4.69, 9.17) is 15.1 Å². The summed E-state index contributed by atoms with van der Waals surface area (Å²) >= 11 is 3.47. The molecule has 15 aromatic rings. The molecule has 1 unspecified atom stereocenters. The maximum atomic E-state index is 9.50. The largest absolute Gasteiger partial charge is 0.394 e. The normalized spacial score (nSPS) is 13.4. The van der Waals surface area contributed by atoms with Gasteiger partial charge >= 0.3 is 0 Å². The molecule has 0 aromatic carbocycles. The van der Waals surface area contributed by atoms with Gasteiger partial charge in [0.25, 0.3) is 0 Å². The molecule has 1 atom stereocenters. The zero-order chi connectivity index (χ0) is 56.0. The third-order valence-electron chi connectivity index (χ3n) is 14.7. The molecular formula is C55H52N24O2S2. The van der Waals surface area contributed by atoms with Crippen LogP contribution in [0.3, 0.4) is 0 Å². The highest BCUT2D eigenvalue weighted by Crippen LogP contribution is 2.33. The van der Waals surface area contributed by atoms with Gasteiger partial charge in [0.1, 0.15) is 0 Å². The van der Waals surface area contributed by atoms with E-state index in [0.717, 1.165) is 66.2 Å². The molecular weight excluding hydrogens is 1090 g/mol. The van der Waals surface area contributed by atoms with Crippen molar-refractivity contribution in [3.05, 3.63) is 144 Å². The molecule has 83 heavy (non-hydrogen) atoms. The lowest BCUT2D eigenvalue weighted by Crippen LogP contribution is -2.12. The highest BCUT2D eigenvalue weighted by Gasteiger charge is 2.21. The van der Waals surface area contributed by atoms with Crippen molar-refractivity contribution in [3.63, 3.8) is 0 Å². The quantitative estimate of drug-likeness (QED) is 0.0855. The van der Waals surface area contributed by atoms with Crippen LogP contribution in [0.1, 0.15) is 72.1 Å². The van der Waals surface area contributed by atoms with E-state index in [9.17, 15) is 5.11 Å². The first-order valence-electron chi connectivity index (χ1n) is 26.9. The summed E-state index contributed by atoms with van der Waals surface area (Å²) in [7, 11) is 1.88. The van der Waals surface area contributed by atoms with Crippen LogP contribution in [-0.2, 0) is 33.3 Å². The fourth-order valence-electron chi connectivity index (χ4n) is 10.4. The Hall–Kier alpha value is -9.77. The van der Waals surface area contributed by atoms with Crippen LogP contribution in [0.5, 0.6) is 0 Å².